The predicted octanol–water partition coefficient (Wildman–Crippen LogP) is 3.01. The lowest BCUT2D eigenvalue weighted by molar-refractivity contribution is 0.106. The first-order chi connectivity index (χ1) is 13.7. The van der Waals surface area contributed by atoms with Crippen LogP contribution in [0.4, 0.5) is 10.5 Å². The molecule has 4 rings (SSSR count). The molecule has 0 saturated carbocycles. The summed E-state index contributed by atoms with van der Waals surface area (Å²) in [6, 6.07) is 10.5. The van der Waals surface area contributed by atoms with Gasteiger partial charge in [-0.25, -0.2) is 9.78 Å². The Balaban J connectivity index is 1.31. The number of urea groups is 1. The van der Waals surface area contributed by atoms with Gasteiger partial charge in [0, 0.05) is 19.6 Å². The Hall–Kier alpha value is -2.67. The Morgan fingerprint density at radius 2 is 1.93 bits per heavy atom. The summed E-state index contributed by atoms with van der Waals surface area (Å²) in [5, 5.41) is 2.89. The Bertz CT molecular complexity index is 805. The summed E-state index contributed by atoms with van der Waals surface area (Å²) in [7, 11) is 1.53. The average molecular weight is 381 g/mol. The summed E-state index contributed by atoms with van der Waals surface area (Å²) in [4.78, 5) is 25.1. The molecule has 2 aliphatic rings. The fraction of sp³-hybridized carbons (Fsp3) is 0.476. The van der Waals surface area contributed by atoms with Gasteiger partial charge in [-0.05, 0) is 43.3 Å². The molecule has 0 aliphatic carbocycles. The van der Waals surface area contributed by atoms with E-state index in [1.165, 1.54) is 19.0 Å². The van der Waals surface area contributed by atoms with Crippen molar-refractivity contribution in [2.45, 2.75) is 25.8 Å². The molecule has 0 radical (unpaired) electrons. The van der Waals surface area contributed by atoms with Gasteiger partial charge in [-0.3, -0.25) is 4.90 Å². The van der Waals surface area contributed by atoms with E-state index >= 15 is 0 Å². The van der Waals surface area contributed by atoms with Gasteiger partial charge in [-0.15, -0.1) is 0 Å². The van der Waals surface area contributed by atoms with Gasteiger partial charge in [-0.1, -0.05) is 30.3 Å². The zero-order chi connectivity index (χ0) is 19.4. The van der Waals surface area contributed by atoms with Gasteiger partial charge >= 0.3 is 6.03 Å². The lowest BCUT2D eigenvalue weighted by Gasteiger charge is -2.39. The van der Waals surface area contributed by atoms with E-state index in [4.69, 9.17) is 4.74 Å². The number of likely N-dealkylation sites (tertiary alicyclic amines) is 2. The maximum Gasteiger partial charge on any atom is 0.322 e. The average Bonchev–Trinajstić information content (AvgIpc) is 3.15. The van der Waals surface area contributed by atoms with Crippen LogP contribution in [0.25, 0.3) is 0 Å². The van der Waals surface area contributed by atoms with Crippen LogP contribution in [0.15, 0.2) is 42.9 Å². The van der Waals surface area contributed by atoms with E-state index in [1.807, 2.05) is 4.90 Å². The van der Waals surface area contributed by atoms with Crippen LogP contribution in [0.3, 0.4) is 0 Å². The van der Waals surface area contributed by atoms with Crippen molar-refractivity contribution in [2.24, 2.45) is 5.41 Å². The van der Waals surface area contributed by atoms with Gasteiger partial charge in [0.05, 0.1) is 13.3 Å². The van der Waals surface area contributed by atoms with Crippen molar-refractivity contribution in [1.82, 2.24) is 19.8 Å². The minimum atomic E-state index is -0.100. The third-order valence-electron chi connectivity index (χ3n) is 6.00. The number of benzene rings is 1. The van der Waals surface area contributed by atoms with Crippen LogP contribution in [0.2, 0.25) is 0 Å². The molecule has 2 saturated heterocycles. The Morgan fingerprint density at radius 3 is 2.68 bits per heavy atom. The van der Waals surface area contributed by atoms with Gasteiger partial charge in [0.25, 0.3) is 0 Å². The van der Waals surface area contributed by atoms with E-state index < -0.39 is 0 Å². The van der Waals surface area contributed by atoms with Crippen LogP contribution in [-0.4, -0.2) is 59.1 Å². The second-order valence-corrected chi connectivity index (χ2v) is 7.81. The summed E-state index contributed by atoms with van der Waals surface area (Å²) in [5.74, 6) is 0.381. The molecule has 0 bridgehead atoms. The predicted molar refractivity (Wildman–Crippen MR) is 107 cm³/mol. The number of rotatable bonds is 4. The molecule has 28 heavy (non-hydrogen) atoms. The number of carbonyl (C=O) groups excluding carboxylic acids is 1. The number of nitrogens with zero attached hydrogens (tertiary/aromatic N) is 4. The first kappa shape index (κ1) is 18.7. The highest BCUT2D eigenvalue weighted by atomic mass is 16.5. The van der Waals surface area contributed by atoms with Crippen LogP contribution in [0, 0.1) is 5.41 Å². The fourth-order valence-corrected chi connectivity index (χ4v) is 4.30. The number of methoxy groups -OCH3 is 1. The summed E-state index contributed by atoms with van der Waals surface area (Å²) < 4.78 is 5.19. The first-order valence-electron chi connectivity index (χ1n) is 9.84. The molecule has 0 unspecified atom stereocenters. The third-order valence-corrected chi connectivity index (χ3v) is 6.00. The maximum atomic E-state index is 12.7. The summed E-state index contributed by atoms with van der Waals surface area (Å²) in [5.41, 5.74) is 2.13. The number of hydrogen-bond acceptors (Lipinski definition) is 5. The number of aromatic nitrogens is 2. The second kappa shape index (κ2) is 8.14. The van der Waals surface area contributed by atoms with Gasteiger partial charge < -0.3 is 15.0 Å². The lowest BCUT2D eigenvalue weighted by Crippen LogP contribution is -2.42. The van der Waals surface area contributed by atoms with E-state index in [1.54, 1.807) is 6.20 Å². The van der Waals surface area contributed by atoms with Crippen molar-refractivity contribution < 1.29 is 9.53 Å². The number of anilines is 1. The fourth-order valence-electron chi connectivity index (χ4n) is 4.30. The van der Waals surface area contributed by atoms with Crippen molar-refractivity contribution in [3.8, 4) is 5.88 Å². The summed E-state index contributed by atoms with van der Waals surface area (Å²) in [6.07, 6.45) is 6.32. The molecule has 2 aromatic rings. The van der Waals surface area contributed by atoms with Crippen LogP contribution < -0.4 is 10.1 Å². The van der Waals surface area contributed by atoms with Crippen molar-refractivity contribution >= 4 is 11.7 Å². The van der Waals surface area contributed by atoms with Crippen LogP contribution in [0.1, 0.15) is 24.8 Å². The second-order valence-electron chi connectivity index (χ2n) is 7.81. The minimum Gasteiger partial charge on any atom is -0.479 e. The van der Waals surface area contributed by atoms with E-state index in [9.17, 15) is 4.79 Å². The van der Waals surface area contributed by atoms with Gasteiger partial charge in [-0.2, -0.15) is 4.98 Å². The van der Waals surface area contributed by atoms with E-state index in [2.05, 4.69) is 50.5 Å². The molecule has 7 heteroatoms. The maximum absolute atomic E-state index is 12.7. The summed E-state index contributed by atoms with van der Waals surface area (Å²) >= 11 is 0. The van der Waals surface area contributed by atoms with Crippen LogP contribution in [0.5, 0.6) is 5.88 Å². The van der Waals surface area contributed by atoms with Crippen molar-refractivity contribution in [2.75, 3.05) is 38.6 Å². The van der Waals surface area contributed by atoms with Crippen molar-refractivity contribution in [1.29, 1.82) is 0 Å². The molecule has 3 heterocycles. The molecule has 2 aliphatic heterocycles. The number of piperidine rings is 1. The highest BCUT2D eigenvalue weighted by Crippen LogP contribution is 2.40. The Morgan fingerprint density at radius 1 is 1.18 bits per heavy atom. The monoisotopic (exact) mass is 381 g/mol. The molecule has 1 N–H and O–H groups in total. The first-order valence-corrected chi connectivity index (χ1v) is 9.84. The lowest BCUT2D eigenvalue weighted by atomic mass is 9.77. The van der Waals surface area contributed by atoms with E-state index in [0.717, 1.165) is 52.0 Å². The molecular formula is C21H27N5O2. The zero-order valence-electron chi connectivity index (χ0n) is 16.3. The number of carbonyl (C=O) groups is 1. The molecule has 2 fully saturated rings. The van der Waals surface area contributed by atoms with Gasteiger partial charge in [0.1, 0.15) is 12.0 Å². The quantitative estimate of drug-likeness (QED) is 0.882. The Kier molecular flexibility index (Phi) is 5.43. The van der Waals surface area contributed by atoms with Gasteiger partial charge in [0.15, 0.2) is 0 Å². The highest BCUT2D eigenvalue weighted by Gasteiger charge is 2.42. The number of ether oxygens (including phenoxy) is 1. The topological polar surface area (TPSA) is 70.6 Å². The summed E-state index contributed by atoms with van der Waals surface area (Å²) in [6.45, 7) is 4.79. The largest absolute Gasteiger partial charge is 0.479 e. The molecule has 0 atom stereocenters. The van der Waals surface area contributed by atoms with Crippen LogP contribution >= 0.6 is 0 Å². The molecular weight excluding hydrogens is 354 g/mol. The van der Waals surface area contributed by atoms with Gasteiger partial charge in [0.2, 0.25) is 5.88 Å². The third kappa shape index (κ3) is 4.09. The van der Waals surface area contributed by atoms with Crippen LogP contribution in [-0.2, 0) is 6.54 Å². The smallest absolute Gasteiger partial charge is 0.322 e. The molecule has 1 aromatic heterocycles. The Labute approximate surface area is 165 Å². The number of hydrogen-bond donors (Lipinski definition) is 1. The zero-order valence-corrected chi connectivity index (χ0v) is 16.3. The molecule has 7 nitrogen and oxygen atoms in total. The van der Waals surface area contributed by atoms with Crippen molar-refractivity contribution in [3.63, 3.8) is 0 Å². The minimum absolute atomic E-state index is 0.100. The van der Waals surface area contributed by atoms with E-state index in [0.29, 0.717) is 11.6 Å². The number of amides is 2. The van der Waals surface area contributed by atoms with Crippen molar-refractivity contribution in [3.05, 3.63) is 48.4 Å². The highest BCUT2D eigenvalue weighted by molar-refractivity contribution is 5.90. The molecule has 1 aromatic carbocycles. The number of nitrogens with one attached hydrogen (secondary N) is 1. The normalized spacial score (nSPS) is 19.0. The SMILES string of the molecule is COc1ncncc1NC(=O)N1CCC2(CCN(Cc3ccccc3)CC2)C1. The standard InChI is InChI=1S/C21H27N5O2/c1-28-19-18(13-22-16-23-19)24-20(27)26-12-9-21(15-26)7-10-25(11-8-21)14-17-5-3-2-4-6-17/h2-6,13,16H,7-12,14-15H2,1H3,(H,24,27). The molecule has 1 spiro atoms. The molecule has 2 amide bonds. The molecule has 148 valence electrons. The van der Waals surface area contributed by atoms with E-state index in [-0.39, 0.29) is 11.4 Å².